The zero-order chi connectivity index (χ0) is 31.9. The quantitative estimate of drug-likeness (QED) is 0.195. The van der Waals surface area contributed by atoms with Crippen molar-refractivity contribution in [2.24, 2.45) is 0 Å². The van der Waals surface area contributed by atoms with Crippen LogP contribution in [-0.4, -0.2) is 65.5 Å². The third kappa shape index (κ3) is 7.08. The fourth-order valence-corrected chi connectivity index (χ4v) is 4.77. The topological polar surface area (TPSA) is 149 Å². The Morgan fingerprint density at radius 1 is 0.756 bits per heavy atom. The van der Waals surface area contributed by atoms with Gasteiger partial charge in [0.1, 0.15) is 17.9 Å². The minimum absolute atomic E-state index is 0.152. The number of esters is 4. The highest BCUT2D eigenvalue weighted by Gasteiger charge is 2.52. The van der Waals surface area contributed by atoms with Crippen molar-refractivity contribution < 1.29 is 42.9 Å². The van der Waals surface area contributed by atoms with Gasteiger partial charge in [0, 0.05) is 6.20 Å². The Morgan fingerprint density at radius 2 is 1.24 bits per heavy atom. The zero-order valence-electron chi connectivity index (χ0n) is 23.6. The van der Waals surface area contributed by atoms with Crippen molar-refractivity contribution in [2.75, 3.05) is 13.7 Å². The van der Waals surface area contributed by atoms with E-state index < -0.39 is 66.3 Å². The predicted octanol–water partition coefficient (Wildman–Crippen LogP) is 3.89. The number of hydrogen-bond acceptors (Lipinski definition) is 11. The number of rotatable bonds is 9. The number of benzene rings is 3. The smallest absolute Gasteiger partial charge is 0.362 e. The Labute approximate surface area is 261 Å². The van der Waals surface area contributed by atoms with Gasteiger partial charge < -0.3 is 23.7 Å². The average Bonchev–Trinajstić information content (AvgIpc) is 3.40. The first-order chi connectivity index (χ1) is 21.8. The summed E-state index contributed by atoms with van der Waals surface area (Å²) in [5.41, 5.74) is -1.09. The van der Waals surface area contributed by atoms with E-state index in [4.69, 9.17) is 30.5 Å². The first kappa shape index (κ1) is 31.1. The molecule has 13 heteroatoms. The summed E-state index contributed by atoms with van der Waals surface area (Å²) < 4.78 is 28.8. The van der Waals surface area contributed by atoms with Gasteiger partial charge in [-0.05, 0) is 36.4 Å². The van der Waals surface area contributed by atoms with Gasteiger partial charge in [-0.15, -0.1) is 0 Å². The second-order valence-corrected chi connectivity index (χ2v) is 10.0. The first-order valence-electron chi connectivity index (χ1n) is 13.5. The minimum atomic E-state index is -1.52. The number of nitrogens with zero attached hydrogens (tertiary/aromatic N) is 2. The molecule has 1 fully saturated rings. The van der Waals surface area contributed by atoms with Crippen LogP contribution in [0.5, 0.6) is 0 Å². The third-order valence-electron chi connectivity index (χ3n) is 6.73. The van der Waals surface area contributed by atoms with Crippen LogP contribution in [0.2, 0.25) is 5.15 Å². The molecule has 1 aromatic heterocycles. The molecule has 0 amide bonds. The highest BCUT2D eigenvalue weighted by atomic mass is 35.5. The monoisotopic (exact) mass is 632 g/mol. The fraction of sp³-hybridized carbons (Fsp3) is 0.188. The molecule has 0 N–H and O–H groups in total. The molecule has 0 radical (unpaired) electrons. The van der Waals surface area contributed by atoms with Crippen molar-refractivity contribution in [2.45, 2.75) is 24.5 Å². The van der Waals surface area contributed by atoms with Crippen LogP contribution in [0, 0.1) is 0 Å². The molecule has 0 saturated carbocycles. The lowest BCUT2D eigenvalue weighted by atomic mass is 10.1. The standard InChI is InChI=1S/C32H25ClN2O10/c1-41-32(40)24-27(36)35(17-23(33)34-24)28-26(45-31(39)21-15-9-4-10-16-21)25(44-30(38)20-13-7-3-8-14-20)22(43-28)18-42-29(37)19-11-5-2-6-12-19/h2-17,22,25-26,28H,18H2,1H3/t22-,25-,26-,28+/m0/s1. The Kier molecular flexibility index (Phi) is 9.66. The predicted molar refractivity (Wildman–Crippen MR) is 157 cm³/mol. The van der Waals surface area contributed by atoms with Crippen molar-refractivity contribution in [3.63, 3.8) is 0 Å². The van der Waals surface area contributed by atoms with Gasteiger partial charge in [-0.1, -0.05) is 66.2 Å². The molecular weight excluding hydrogens is 608 g/mol. The number of aromatic nitrogens is 2. The highest BCUT2D eigenvalue weighted by molar-refractivity contribution is 6.29. The van der Waals surface area contributed by atoms with E-state index in [9.17, 15) is 24.0 Å². The van der Waals surface area contributed by atoms with Crippen molar-refractivity contribution in [3.8, 4) is 0 Å². The zero-order valence-corrected chi connectivity index (χ0v) is 24.4. The van der Waals surface area contributed by atoms with Gasteiger partial charge in [0.05, 0.1) is 23.8 Å². The van der Waals surface area contributed by atoms with Gasteiger partial charge in [-0.3, -0.25) is 9.36 Å². The second kappa shape index (κ2) is 14.0. The summed E-state index contributed by atoms with van der Waals surface area (Å²) in [5, 5.41) is -0.288. The molecule has 0 spiro atoms. The van der Waals surface area contributed by atoms with E-state index in [1.165, 1.54) is 24.3 Å². The number of ether oxygens (including phenoxy) is 5. The minimum Gasteiger partial charge on any atom is -0.464 e. The maximum absolute atomic E-state index is 13.4. The van der Waals surface area contributed by atoms with Crippen LogP contribution < -0.4 is 5.56 Å². The number of halogens is 1. The van der Waals surface area contributed by atoms with Crippen LogP contribution in [0.25, 0.3) is 0 Å². The van der Waals surface area contributed by atoms with E-state index in [0.717, 1.165) is 17.9 Å². The summed E-state index contributed by atoms with van der Waals surface area (Å²) in [7, 11) is 1.06. The molecule has 12 nitrogen and oxygen atoms in total. The maximum atomic E-state index is 13.4. The molecule has 0 unspecified atom stereocenters. The summed E-state index contributed by atoms with van der Waals surface area (Å²) in [6.45, 7) is -0.478. The van der Waals surface area contributed by atoms with E-state index >= 15 is 0 Å². The molecule has 1 aliphatic rings. The number of hydrogen-bond donors (Lipinski definition) is 0. The normalized spacial score (nSPS) is 18.9. The van der Waals surface area contributed by atoms with E-state index in [0.29, 0.717) is 0 Å². The molecule has 2 heterocycles. The summed E-state index contributed by atoms with van der Waals surface area (Å²) in [6, 6.07) is 24.1. The van der Waals surface area contributed by atoms with Crippen LogP contribution >= 0.6 is 11.6 Å². The van der Waals surface area contributed by atoms with Gasteiger partial charge >= 0.3 is 23.9 Å². The van der Waals surface area contributed by atoms with Crippen LogP contribution in [0.4, 0.5) is 0 Å². The molecule has 3 aromatic carbocycles. The third-order valence-corrected chi connectivity index (χ3v) is 6.92. The van der Waals surface area contributed by atoms with Gasteiger partial charge in [-0.2, -0.15) is 0 Å². The summed E-state index contributed by atoms with van der Waals surface area (Å²) in [4.78, 5) is 68.9. The van der Waals surface area contributed by atoms with Crippen molar-refractivity contribution in [3.05, 3.63) is 135 Å². The average molecular weight is 633 g/mol. The molecule has 5 rings (SSSR count). The van der Waals surface area contributed by atoms with Gasteiger partial charge in [0.25, 0.3) is 5.56 Å². The lowest BCUT2D eigenvalue weighted by molar-refractivity contribution is -0.0636. The fourth-order valence-electron chi connectivity index (χ4n) is 4.58. The lowest BCUT2D eigenvalue weighted by Crippen LogP contribution is -2.43. The lowest BCUT2D eigenvalue weighted by Gasteiger charge is -2.25. The molecule has 1 aliphatic heterocycles. The van der Waals surface area contributed by atoms with Crippen LogP contribution in [0.1, 0.15) is 47.8 Å². The molecule has 0 aliphatic carbocycles. The molecule has 1 saturated heterocycles. The number of methoxy groups -OCH3 is 1. The second-order valence-electron chi connectivity index (χ2n) is 9.62. The number of carbonyl (C=O) groups is 4. The summed E-state index contributed by atoms with van der Waals surface area (Å²) in [5.74, 6) is -3.42. The largest absolute Gasteiger partial charge is 0.464 e. The summed E-state index contributed by atoms with van der Waals surface area (Å²) in [6.07, 6.45) is -4.64. The van der Waals surface area contributed by atoms with Crippen LogP contribution in [0.15, 0.2) is 102 Å². The van der Waals surface area contributed by atoms with Gasteiger partial charge in [0.2, 0.25) is 5.69 Å². The molecule has 230 valence electrons. The molecule has 4 atom stereocenters. The van der Waals surface area contributed by atoms with E-state index in [1.54, 1.807) is 66.7 Å². The molecule has 45 heavy (non-hydrogen) atoms. The number of carbonyl (C=O) groups excluding carboxylic acids is 4. The van der Waals surface area contributed by atoms with Gasteiger partial charge in [-0.25, -0.2) is 24.2 Å². The Balaban J connectivity index is 1.56. The van der Waals surface area contributed by atoms with E-state index in [2.05, 4.69) is 9.72 Å². The maximum Gasteiger partial charge on any atom is 0.362 e. The molecule has 0 bridgehead atoms. The molecular formula is C32H25ClN2O10. The van der Waals surface area contributed by atoms with E-state index in [-0.39, 0.29) is 21.8 Å². The van der Waals surface area contributed by atoms with Crippen molar-refractivity contribution >= 4 is 35.5 Å². The molecule has 4 aromatic rings. The van der Waals surface area contributed by atoms with Crippen molar-refractivity contribution in [1.29, 1.82) is 0 Å². The highest BCUT2D eigenvalue weighted by Crippen LogP contribution is 2.35. The Bertz CT molecular complexity index is 1750. The van der Waals surface area contributed by atoms with Crippen LogP contribution in [-0.2, 0) is 23.7 Å². The van der Waals surface area contributed by atoms with Crippen LogP contribution in [0.3, 0.4) is 0 Å². The van der Waals surface area contributed by atoms with Crippen molar-refractivity contribution in [1.82, 2.24) is 9.55 Å². The van der Waals surface area contributed by atoms with E-state index in [1.807, 2.05) is 0 Å². The Morgan fingerprint density at radius 3 is 1.76 bits per heavy atom. The van der Waals surface area contributed by atoms with Gasteiger partial charge in [0.15, 0.2) is 18.4 Å². The SMILES string of the molecule is COC(=O)c1nc(Cl)cn([C@@H]2O[C@@H](COC(=O)c3ccccc3)[C@H](OC(=O)c3ccccc3)[C@@H]2OC(=O)c2ccccc2)c1=O. The Hall–Kier alpha value is -5.33. The first-order valence-corrected chi connectivity index (χ1v) is 13.9. The summed E-state index contributed by atoms with van der Waals surface area (Å²) >= 11 is 6.16.